The van der Waals surface area contributed by atoms with E-state index in [2.05, 4.69) is 12.2 Å². The van der Waals surface area contributed by atoms with E-state index in [0.29, 0.717) is 17.2 Å². The van der Waals surface area contributed by atoms with Crippen LogP contribution in [-0.2, 0) is 0 Å². The molecule has 4 atom stereocenters. The Morgan fingerprint density at radius 3 is 2.75 bits per heavy atom. The number of benzene rings is 1. The summed E-state index contributed by atoms with van der Waals surface area (Å²) in [5.74, 6) is 2.42. The van der Waals surface area contributed by atoms with Crippen molar-refractivity contribution < 1.29 is 4.79 Å². The van der Waals surface area contributed by atoms with Crippen molar-refractivity contribution in [2.24, 2.45) is 17.8 Å². The molecule has 20 heavy (non-hydrogen) atoms. The van der Waals surface area contributed by atoms with Crippen LogP contribution >= 0.6 is 0 Å². The molecule has 3 heteroatoms. The number of carbonyl (C=O) groups excluding carboxylic acids is 1. The number of amides is 1. The average Bonchev–Trinajstić information content (AvgIpc) is 3.04. The maximum Gasteiger partial charge on any atom is 0.251 e. The average molecular weight is 272 g/mol. The Labute approximate surface area is 120 Å². The first-order chi connectivity index (χ1) is 9.54. The second kappa shape index (κ2) is 5.12. The number of aryl methyl sites for hydroxylation is 1. The first-order valence-electron chi connectivity index (χ1n) is 7.71. The highest BCUT2D eigenvalue weighted by atomic mass is 16.1. The summed E-state index contributed by atoms with van der Waals surface area (Å²) >= 11 is 0. The van der Waals surface area contributed by atoms with E-state index in [1.807, 2.05) is 19.1 Å². The lowest BCUT2D eigenvalue weighted by Crippen LogP contribution is -2.40. The van der Waals surface area contributed by atoms with Gasteiger partial charge in [0.15, 0.2) is 0 Å². The molecule has 3 N–H and O–H groups in total. The van der Waals surface area contributed by atoms with Gasteiger partial charge in [-0.3, -0.25) is 4.79 Å². The van der Waals surface area contributed by atoms with Gasteiger partial charge in [0, 0.05) is 17.3 Å². The second-order valence-electron chi connectivity index (χ2n) is 6.67. The molecule has 108 valence electrons. The number of nitrogens with two attached hydrogens (primary N) is 1. The van der Waals surface area contributed by atoms with Crippen molar-refractivity contribution in [1.29, 1.82) is 0 Å². The number of anilines is 1. The Morgan fingerprint density at radius 2 is 2.15 bits per heavy atom. The van der Waals surface area contributed by atoms with Gasteiger partial charge in [0.25, 0.3) is 5.91 Å². The maximum absolute atomic E-state index is 12.3. The molecule has 0 heterocycles. The van der Waals surface area contributed by atoms with Gasteiger partial charge in [-0.15, -0.1) is 0 Å². The molecular weight excluding hydrogens is 248 g/mol. The third-order valence-electron chi connectivity index (χ3n) is 5.34. The molecule has 0 radical (unpaired) electrons. The summed E-state index contributed by atoms with van der Waals surface area (Å²) in [4.78, 5) is 12.3. The highest BCUT2D eigenvalue weighted by molar-refractivity contribution is 5.95. The summed E-state index contributed by atoms with van der Waals surface area (Å²) in [5.41, 5.74) is 8.25. The molecule has 1 aromatic rings. The third kappa shape index (κ3) is 2.41. The molecule has 2 aliphatic carbocycles. The zero-order valence-electron chi connectivity index (χ0n) is 12.4. The van der Waals surface area contributed by atoms with Crippen LogP contribution in [0, 0.1) is 24.7 Å². The zero-order valence-corrected chi connectivity index (χ0v) is 12.4. The van der Waals surface area contributed by atoms with Crippen molar-refractivity contribution in [2.75, 3.05) is 5.73 Å². The first-order valence-corrected chi connectivity index (χ1v) is 7.71. The summed E-state index contributed by atoms with van der Waals surface area (Å²) in [7, 11) is 0. The fraction of sp³-hybridized carbons (Fsp3) is 0.588. The van der Waals surface area contributed by atoms with E-state index >= 15 is 0 Å². The zero-order chi connectivity index (χ0) is 14.3. The molecule has 4 unspecified atom stereocenters. The van der Waals surface area contributed by atoms with E-state index in [4.69, 9.17) is 5.73 Å². The number of fused-ring (bicyclic) bond motifs is 2. The van der Waals surface area contributed by atoms with Crippen LogP contribution in [0.4, 0.5) is 5.69 Å². The summed E-state index contributed by atoms with van der Waals surface area (Å²) in [6, 6.07) is 5.81. The molecule has 0 aliphatic heterocycles. The van der Waals surface area contributed by atoms with Crippen LogP contribution in [-0.4, -0.2) is 11.9 Å². The molecule has 3 nitrogen and oxygen atoms in total. The van der Waals surface area contributed by atoms with Gasteiger partial charge in [-0.2, -0.15) is 0 Å². The molecular formula is C17H24N2O. The summed E-state index contributed by atoms with van der Waals surface area (Å²) in [5, 5.41) is 3.18. The van der Waals surface area contributed by atoms with Crippen LogP contribution in [0.2, 0.25) is 0 Å². The fourth-order valence-electron chi connectivity index (χ4n) is 4.09. The van der Waals surface area contributed by atoms with Crippen molar-refractivity contribution in [3.63, 3.8) is 0 Å². The minimum atomic E-state index is 0.00646. The van der Waals surface area contributed by atoms with E-state index in [1.165, 1.54) is 25.7 Å². The van der Waals surface area contributed by atoms with Gasteiger partial charge in [0.05, 0.1) is 0 Å². The molecule has 0 saturated heterocycles. The lowest BCUT2D eigenvalue weighted by Gasteiger charge is -2.28. The Hall–Kier alpha value is -1.51. The van der Waals surface area contributed by atoms with Gasteiger partial charge >= 0.3 is 0 Å². The fourth-order valence-corrected chi connectivity index (χ4v) is 4.09. The molecule has 0 spiro atoms. The third-order valence-corrected chi connectivity index (χ3v) is 5.34. The topological polar surface area (TPSA) is 55.1 Å². The Balaban J connectivity index is 1.65. The van der Waals surface area contributed by atoms with Gasteiger partial charge in [0.2, 0.25) is 0 Å². The summed E-state index contributed by atoms with van der Waals surface area (Å²) in [6.45, 7) is 4.11. The number of hydrogen-bond acceptors (Lipinski definition) is 2. The smallest absolute Gasteiger partial charge is 0.251 e. The number of nitrogen functional groups attached to an aromatic ring is 1. The van der Waals surface area contributed by atoms with Crippen LogP contribution in [0.15, 0.2) is 18.2 Å². The molecule has 1 aromatic carbocycles. The van der Waals surface area contributed by atoms with E-state index in [1.54, 1.807) is 6.07 Å². The minimum absolute atomic E-state index is 0.00646. The van der Waals surface area contributed by atoms with Gasteiger partial charge in [-0.05, 0) is 68.6 Å². The van der Waals surface area contributed by atoms with Crippen molar-refractivity contribution in [1.82, 2.24) is 5.32 Å². The van der Waals surface area contributed by atoms with Gasteiger partial charge in [-0.1, -0.05) is 12.5 Å². The minimum Gasteiger partial charge on any atom is -0.398 e. The molecule has 3 rings (SSSR count). The molecule has 0 aromatic heterocycles. The van der Waals surface area contributed by atoms with E-state index in [0.717, 1.165) is 17.4 Å². The van der Waals surface area contributed by atoms with Crippen molar-refractivity contribution in [2.45, 2.75) is 45.6 Å². The lowest BCUT2D eigenvalue weighted by molar-refractivity contribution is 0.0915. The molecule has 2 bridgehead atoms. The SMILES string of the molecule is Cc1ccc(C(=O)NC(C)C2CC3CCC2C3)cc1N. The van der Waals surface area contributed by atoms with Crippen LogP contribution in [0.25, 0.3) is 0 Å². The molecule has 2 saturated carbocycles. The largest absolute Gasteiger partial charge is 0.398 e. The second-order valence-corrected chi connectivity index (χ2v) is 6.67. The standard InChI is InChI=1S/C17H24N2O/c1-10-3-5-14(9-16(10)18)17(20)19-11(2)15-8-12-4-6-13(15)7-12/h3,5,9,11-13,15H,4,6-8,18H2,1-2H3,(H,19,20). The number of carbonyl (C=O) groups is 1. The molecule has 1 amide bonds. The van der Waals surface area contributed by atoms with Gasteiger partial charge in [0.1, 0.15) is 0 Å². The van der Waals surface area contributed by atoms with E-state index < -0.39 is 0 Å². The van der Waals surface area contributed by atoms with Gasteiger partial charge < -0.3 is 11.1 Å². The van der Waals surface area contributed by atoms with E-state index in [9.17, 15) is 4.79 Å². The van der Waals surface area contributed by atoms with Gasteiger partial charge in [-0.25, -0.2) is 0 Å². The number of rotatable bonds is 3. The highest BCUT2D eigenvalue weighted by Crippen LogP contribution is 2.49. The predicted octanol–water partition coefficient (Wildman–Crippen LogP) is 3.13. The highest BCUT2D eigenvalue weighted by Gasteiger charge is 2.42. The van der Waals surface area contributed by atoms with E-state index in [-0.39, 0.29) is 11.9 Å². The lowest BCUT2D eigenvalue weighted by atomic mass is 9.84. The first kappa shape index (κ1) is 13.5. The predicted molar refractivity (Wildman–Crippen MR) is 81.5 cm³/mol. The summed E-state index contributed by atoms with van der Waals surface area (Å²) < 4.78 is 0. The monoisotopic (exact) mass is 272 g/mol. The maximum atomic E-state index is 12.3. The van der Waals surface area contributed by atoms with Crippen LogP contribution in [0.1, 0.15) is 48.5 Å². The van der Waals surface area contributed by atoms with Crippen molar-refractivity contribution >= 4 is 11.6 Å². The number of hydrogen-bond donors (Lipinski definition) is 2. The van der Waals surface area contributed by atoms with Crippen LogP contribution < -0.4 is 11.1 Å². The molecule has 2 aliphatic rings. The number of nitrogens with one attached hydrogen (secondary N) is 1. The van der Waals surface area contributed by atoms with Crippen LogP contribution in [0.5, 0.6) is 0 Å². The normalized spacial score (nSPS) is 29.4. The van der Waals surface area contributed by atoms with Crippen molar-refractivity contribution in [3.8, 4) is 0 Å². The summed E-state index contributed by atoms with van der Waals surface area (Å²) in [6.07, 6.45) is 5.42. The van der Waals surface area contributed by atoms with Crippen molar-refractivity contribution in [3.05, 3.63) is 29.3 Å². The Morgan fingerprint density at radius 1 is 1.35 bits per heavy atom. The van der Waals surface area contributed by atoms with Crippen LogP contribution in [0.3, 0.4) is 0 Å². The molecule has 2 fully saturated rings. The Bertz CT molecular complexity index is 526. The quantitative estimate of drug-likeness (QED) is 0.831. The Kier molecular flexibility index (Phi) is 3.45.